The highest BCUT2D eigenvalue weighted by molar-refractivity contribution is 6.44. The number of amides is 4. The highest BCUT2D eigenvalue weighted by Gasteiger charge is 2.42. The number of carbonyl (C=O) groups is 3. The zero-order valence-corrected chi connectivity index (χ0v) is 9.45. The number of hydrogen-bond donors (Lipinski definition) is 0. The van der Waals surface area contributed by atoms with Crippen LogP contribution in [0, 0.1) is 11.3 Å². The molecule has 0 N–H and O–H groups in total. The molecule has 4 amide bonds. The van der Waals surface area contributed by atoms with Crippen LogP contribution >= 0.6 is 0 Å². The van der Waals surface area contributed by atoms with Gasteiger partial charge in [0.05, 0.1) is 6.54 Å². The summed E-state index contributed by atoms with van der Waals surface area (Å²) in [7, 11) is 1.23. The van der Waals surface area contributed by atoms with Crippen molar-refractivity contribution in [3.05, 3.63) is 29.6 Å². The van der Waals surface area contributed by atoms with Gasteiger partial charge in [0.25, 0.3) is 0 Å². The first-order chi connectivity index (χ1) is 8.56. The molecule has 0 unspecified atom stereocenters. The molecule has 0 radical (unpaired) electrons. The van der Waals surface area contributed by atoms with Crippen LogP contribution < -0.4 is 0 Å². The van der Waals surface area contributed by atoms with Gasteiger partial charge in [-0.2, -0.15) is 5.26 Å². The number of nitrogens with zero attached hydrogens (tertiary/aromatic N) is 4. The number of urea groups is 1. The molecule has 7 heteroatoms. The zero-order valence-electron chi connectivity index (χ0n) is 9.45. The number of aromatic nitrogens is 1. The second-order valence-electron chi connectivity index (χ2n) is 3.66. The zero-order chi connectivity index (χ0) is 13.3. The summed E-state index contributed by atoms with van der Waals surface area (Å²) in [6, 6.07) is 4.33. The Labute approximate surface area is 102 Å². The monoisotopic (exact) mass is 244 g/mol. The van der Waals surface area contributed by atoms with Gasteiger partial charge < -0.3 is 0 Å². The third kappa shape index (κ3) is 1.69. The van der Waals surface area contributed by atoms with Crippen LogP contribution in [0.15, 0.2) is 18.3 Å². The fourth-order valence-corrected chi connectivity index (χ4v) is 1.59. The molecule has 0 aromatic carbocycles. The first-order valence-corrected chi connectivity index (χ1v) is 5.03. The molecule has 0 bridgehead atoms. The Kier molecular flexibility index (Phi) is 2.77. The van der Waals surface area contributed by atoms with E-state index >= 15 is 0 Å². The Morgan fingerprint density at radius 3 is 2.61 bits per heavy atom. The highest BCUT2D eigenvalue weighted by atomic mass is 16.2. The van der Waals surface area contributed by atoms with E-state index in [1.165, 1.54) is 13.2 Å². The minimum Gasteiger partial charge on any atom is -0.263 e. The molecule has 1 aliphatic rings. The summed E-state index contributed by atoms with van der Waals surface area (Å²) in [5.74, 6) is -1.77. The van der Waals surface area contributed by atoms with Crippen LogP contribution in [0.5, 0.6) is 0 Å². The van der Waals surface area contributed by atoms with E-state index in [-0.39, 0.29) is 12.2 Å². The molecule has 0 spiro atoms. The molecule has 1 aliphatic heterocycles. The molecule has 0 aliphatic carbocycles. The van der Waals surface area contributed by atoms with Gasteiger partial charge in [-0.3, -0.25) is 19.4 Å². The lowest BCUT2D eigenvalue weighted by Gasteiger charge is -2.13. The van der Waals surface area contributed by atoms with Gasteiger partial charge in [-0.15, -0.1) is 0 Å². The number of likely N-dealkylation sites (N-methyl/N-ethyl adjacent to an activating group) is 1. The summed E-state index contributed by atoms with van der Waals surface area (Å²) >= 11 is 0. The quantitative estimate of drug-likeness (QED) is 0.533. The van der Waals surface area contributed by atoms with Gasteiger partial charge in [0, 0.05) is 18.8 Å². The van der Waals surface area contributed by atoms with E-state index in [0.29, 0.717) is 5.56 Å². The van der Waals surface area contributed by atoms with E-state index in [1.807, 2.05) is 6.07 Å². The standard InChI is InChI=1S/C11H8N4O3/c1-14-9(16)10(17)15(11(14)18)6-7-3-2-4-13-8(7)5-12/h2-4H,6H2,1H3. The van der Waals surface area contributed by atoms with Crippen molar-refractivity contribution in [1.82, 2.24) is 14.8 Å². The second kappa shape index (κ2) is 4.25. The van der Waals surface area contributed by atoms with Crippen LogP contribution in [-0.4, -0.2) is 39.7 Å². The summed E-state index contributed by atoms with van der Waals surface area (Å²) in [5.41, 5.74) is 0.546. The average Bonchev–Trinajstić information content (AvgIpc) is 2.57. The predicted molar refractivity (Wildman–Crippen MR) is 57.7 cm³/mol. The van der Waals surface area contributed by atoms with Gasteiger partial charge in [0.1, 0.15) is 11.8 Å². The summed E-state index contributed by atoms with van der Waals surface area (Å²) in [4.78, 5) is 39.8. The van der Waals surface area contributed by atoms with Gasteiger partial charge in [-0.05, 0) is 6.07 Å². The van der Waals surface area contributed by atoms with E-state index in [9.17, 15) is 14.4 Å². The maximum atomic E-state index is 11.6. The molecule has 90 valence electrons. The number of carbonyl (C=O) groups excluding carboxylic acids is 3. The first-order valence-electron chi connectivity index (χ1n) is 5.03. The molecule has 1 fully saturated rings. The van der Waals surface area contributed by atoms with Gasteiger partial charge in [0.15, 0.2) is 0 Å². The van der Waals surface area contributed by atoms with Gasteiger partial charge in [-0.25, -0.2) is 9.78 Å². The van der Waals surface area contributed by atoms with Crippen LogP contribution in [0.2, 0.25) is 0 Å². The summed E-state index contributed by atoms with van der Waals surface area (Å²) < 4.78 is 0. The lowest BCUT2D eigenvalue weighted by molar-refractivity contribution is -0.143. The Morgan fingerprint density at radius 2 is 2.06 bits per heavy atom. The summed E-state index contributed by atoms with van der Waals surface area (Å²) in [6.07, 6.45) is 1.44. The smallest absolute Gasteiger partial charge is 0.263 e. The molecular formula is C11H8N4O3. The SMILES string of the molecule is CN1C(=O)C(=O)N(Cc2cccnc2C#N)C1=O. The molecule has 2 heterocycles. The van der Waals surface area contributed by atoms with E-state index in [2.05, 4.69) is 4.98 Å². The fourth-order valence-electron chi connectivity index (χ4n) is 1.59. The minimum absolute atomic E-state index is 0.125. The fraction of sp³-hybridized carbons (Fsp3) is 0.182. The maximum Gasteiger partial charge on any atom is 0.334 e. The highest BCUT2D eigenvalue weighted by Crippen LogP contribution is 2.15. The average molecular weight is 244 g/mol. The molecular weight excluding hydrogens is 236 g/mol. The number of pyridine rings is 1. The summed E-state index contributed by atoms with van der Waals surface area (Å²) in [5, 5.41) is 8.85. The molecule has 1 aromatic heterocycles. The third-order valence-corrected chi connectivity index (χ3v) is 2.58. The first kappa shape index (κ1) is 11.7. The van der Waals surface area contributed by atoms with Crippen molar-refractivity contribution in [2.24, 2.45) is 0 Å². The van der Waals surface area contributed by atoms with Crippen molar-refractivity contribution in [2.45, 2.75) is 6.54 Å². The van der Waals surface area contributed by atoms with E-state index in [4.69, 9.17) is 5.26 Å². The van der Waals surface area contributed by atoms with Crippen molar-refractivity contribution >= 4 is 17.8 Å². The second-order valence-corrected chi connectivity index (χ2v) is 3.66. The number of nitriles is 1. The van der Waals surface area contributed by atoms with Crippen molar-refractivity contribution < 1.29 is 14.4 Å². The lowest BCUT2D eigenvalue weighted by Crippen LogP contribution is -2.31. The van der Waals surface area contributed by atoms with Crippen LogP contribution in [0.4, 0.5) is 4.79 Å². The van der Waals surface area contributed by atoms with Crippen molar-refractivity contribution in [1.29, 1.82) is 5.26 Å². The molecule has 18 heavy (non-hydrogen) atoms. The van der Waals surface area contributed by atoms with Gasteiger partial charge in [0.2, 0.25) is 0 Å². The van der Waals surface area contributed by atoms with E-state index in [0.717, 1.165) is 9.80 Å². The van der Waals surface area contributed by atoms with Crippen molar-refractivity contribution in [2.75, 3.05) is 7.05 Å². The largest absolute Gasteiger partial charge is 0.334 e. The minimum atomic E-state index is -0.893. The van der Waals surface area contributed by atoms with Gasteiger partial charge >= 0.3 is 17.8 Å². The molecule has 2 rings (SSSR count). The Bertz CT molecular complexity index is 590. The van der Waals surface area contributed by atoms with Crippen LogP contribution in [0.1, 0.15) is 11.3 Å². The van der Waals surface area contributed by atoms with E-state index < -0.39 is 17.8 Å². The van der Waals surface area contributed by atoms with Crippen LogP contribution in [-0.2, 0) is 16.1 Å². The van der Waals surface area contributed by atoms with Crippen LogP contribution in [0.25, 0.3) is 0 Å². The third-order valence-electron chi connectivity index (χ3n) is 2.58. The number of hydrogen-bond acceptors (Lipinski definition) is 5. The maximum absolute atomic E-state index is 11.6. The lowest BCUT2D eigenvalue weighted by atomic mass is 10.2. The van der Waals surface area contributed by atoms with E-state index in [1.54, 1.807) is 12.1 Å². The van der Waals surface area contributed by atoms with Gasteiger partial charge in [-0.1, -0.05) is 6.07 Å². The number of imide groups is 2. The molecule has 1 aromatic rings. The molecule has 0 atom stereocenters. The Hall–Kier alpha value is -2.75. The number of rotatable bonds is 2. The van der Waals surface area contributed by atoms with Crippen LogP contribution in [0.3, 0.4) is 0 Å². The van der Waals surface area contributed by atoms with Crippen molar-refractivity contribution in [3.8, 4) is 6.07 Å². The molecule has 0 saturated carbocycles. The topological polar surface area (TPSA) is 94.4 Å². The Balaban J connectivity index is 2.30. The molecule has 7 nitrogen and oxygen atoms in total. The molecule has 1 saturated heterocycles. The normalized spacial score (nSPS) is 15.2. The Morgan fingerprint density at radius 1 is 1.33 bits per heavy atom. The van der Waals surface area contributed by atoms with Crippen molar-refractivity contribution in [3.63, 3.8) is 0 Å². The predicted octanol–water partition coefficient (Wildman–Crippen LogP) is -0.126. The summed E-state index contributed by atoms with van der Waals surface area (Å²) in [6.45, 7) is -0.134.